The van der Waals surface area contributed by atoms with Crippen molar-refractivity contribution in [2.45, 2.75) is 32.0 Å². The Morgan fingerprint density at radius 2 is 2.44 bits per heavy atom. The second-order valence-electron chi connectivity index (χ2n) is 4.80. The van der Waals surface area contributed by atoms with Crippen molar-refractivity contribution in [1.29, 1.82) is 0 Å². The highest BCUT2D eigenvalue weighted by atomic mass is 16.5. The first-order valence-corrected chi connectivity index (χ1v) is 6.20. The van der Waals surface area contributed by atoms with Gasteiger partial charge in [-0.3, -0.25) is 4.79 Å². The number of nitrogens with two attached hydrogens (primary N) is 1. The van der Waals surface area contributed by atoms with Gasteiger partial charge in [-0.2, -0.15) is 5.10 Å². The minimum atomic E-state index is -0.106. The van der Waals surface area contributed by atoms with Gasteiger partial charge < -0.3 is 15.4 Å². The molecular formula is C12H20N4O2. The van der Waals surface area contributed by atoms with Crippen LogP contribution in [0.2, 0.25) is 0 Å². The van der Waals surface area contributed by atoms with Gasteiger partial charge in [0.05, 0.1) is 24.5 Å². The van der Waals surface area contributed by atoms with Gasteiger partial charge in [0.15, 0.2) is 0 Å². The third-order valence-electron chi connectivity index (χ3n) is 3.16. The number of methoxy groups -OCH3 is 1. The molecule has 2 unspecified atom stereocenters. The van der Waals surface area contributed by atoms with Crippen LogP contribution in [-0.4, -0.2) is 42.1 Å². The number of hydrogen-bond donors (Lipinski definition) is 1. The van der Waals surface area contributed by atoms with Gasteiger partial charge in [-0.25, -0.2) is 4.68 Å². The highest BCUT2D eigenvalue weighted by Gasteiger charge is 2.22. The summed E-state index contributed by atoms with van der Waals surface area (Å²) >= 11 is 0. The predicted molar refractivity (Wildman–Crippen MR) is 69.8 cm³/mol. The van der Waals surface area contributed by atoms with Gasteiger partial charge >= 0.3 is 0 Å². The molecule has 0 spiro atoms. The standard InChI is InChI=1S/C12H20N4O2/c1-9(13)7-16-12(17)5-10(6-14-16)15-4-3-11(8-15)18-2/h5-6,9,11H,3-4,7-8,13H2,1-2H3. The molecule has 100 valence electrons. The molecule has 6 nitrogen and oxygen atoms in total. The summed E-state index contributed by atoms with van der Waals surface area (Å²) in [7, 11) is 1.72. The van der Waals surface area contributed by atoms with Crippen molar-refractivity contribution in [3.05, 3.63) is 22.6 Å². The molecule has 2 N–H and O–H groups in total. The average Bonchev–Trinajstić information content (AvgIpc) is 2.80. The van der Waals surface area contributed by atoms with Gasteiger partial charge in [0.25, 0.3) is 5.56 Å². The highest BCUT2D eigenvalue weighted by Crippen LogP contribution is 2.19. The summed E-state index contributed by atoms with van der Waals surface area (Å²) in [6, 6.07) is 1.54. The zero-order valence-electron chi connectivity index (χ0n) is 10.9. The second-order valence-corrected chi connectivity index (χ2v) is 4.80. The zero-order chi connectivity index (χ0) is 13.1. The topological polar surface area (TPSA) is 73.4 Å². The van der Waals surface area contributed by atoms with Gasteiger partial charge in [-0.05, 0) is 13.3 Å². The average molecular weight is 252 g/mol. The Balaban J connectivity index is 2.12. The fraction of sp³-hybridized carbons (Fsp3) is 0.667. The quantitative estimate of drug-likeness (QED) is 0.804. The van der Waals surface area contributed by atoms with Crippen molar-refractivity contribution < 1.29 is 4.74 Å². The fourth-order valence-corrected chi connectivity index (χ4v) is 2.16. The zero-order valence-corrected chi connectivity index (χ0v) is 10.9. The van der Waals surface area contributed by atoms with Gasteiger partial charge in [-0.15, -0.1) is 0 Å². The van der Waals surface area contributed by atoms with Crippen LogP contribution in [-0.2, 0) is 11.3 Å². The van der Waals surface area contributed by atoms with Crippen LogP contribution >= 0.6 is 0 Å². The number of hydrogen-bond acceptors (Lipinski definition) is 5. The summed E-state index contributed by atoms with van der Waals surface area (Å²) in [5.41, 5.74) is 6.42. The SMILES string of the molecule is COC1CCN(c2cnn(CC(C)N)c(=O)c2)C1. The fourth-order valence-electron chi connectivity index (χ4n) is 2.16. The van der Waals surface area contributed by atoms with E-state index in [0.29, 0.717) is 6.54 Å². The Kier molecular flexibility index (Phi) is 3.98. The van der Waals surface area contributed by atoms with Crippen molar-refractivity contribution in [3.63, 3.8) is 0 Å². The summed E-state index contributed by atoms with van der Waals surface area (Å²) in [5.74, 6) is 0. The molecule has 0 bridgehead atoms. The van der Waals surface area contributed by atoms with E-state index >= 15 is 0 Å². The molecule has 18 heavy (non-hydrogen) atoms. The molecule has 1 aromatic heterocycles. The van der Waals surface area contributed by atoms with E-state index in [1.54, 1.807) is 19.4 Å². The van der Waals surface area contributed by atoms with Gasteiger partial charge in [-0.1, -0.05) is 0 Å². The maximum Gasteiger partial charge on any atom is 0.268 e. The summed E-state index contributed by atoms with van der Waals surface area (Å²) in [4.78, 5) is 14.0. The molecule has 0 radical (unpaired) electrons. The van der Waals surface area contributed by atoms with E-state index in [1.165, 1.54) is 4.68 Å². The van der Waals surface area contributed by atoms with E-state index in [1.807, 2.05) is 6.92 Å². The van der Waals surface area contributed by atoms with Crippen LogP contribution < -0.4 is 16.2 Å². The molecule has 1 aliphatic heterocycles. The van der Waals surface area contributed by atoms with Gasteiger partial charge in [0.1, 0.15) is 0 Å². The lowest BCUT2D eigenvalue weighted by molar-refractivity contribution is 0.121. The molecule has 1 aromatic rings. The molecule has 2 heterocycles. The van der Waals surface area contributed by atoms with E-state index < -0.39 is 0 Å². The molecule has 1 aliphatic rings. The number of aromatic nitrogens is 2. The Labute approximate surface area is 106 Å². The first-order chi connectivity index (χ1) is 8.60. The minimum absolute atomic E-state index is 0.0780. The summed E-state index contributed by atoms with van der Waals surface area (Å²) < 4.78 is 6.71. The lowest BCUT2D eigenvalue weighted by Crippen LogP contribution is -2.32. The maximum atomic E-state index is 11.9. The molecule has 2 atom stereocenters. The Bertz CT molecular complexity index is 458. The molecule has 0 saturated carbocycles. The van der Waals surface area contributed by atoms with Crippen LogP contribution in [0, 0.1) is 0 Å². The Morgan fingerprint density at radius 3 is 3.00 bits per heavy atom. The second kappa shape index (κ2) is 5.49. The monoisotopic (exact) mass is 252 g/mol. The molecule has 0 amide bonds. The number of ether oxygens (including phenoxy) is 1. The van der Waals surface area contributed by atoms with Crippen LogP contribution in [0.5, 0.6) is 0 Å². The van der Waals surface area contributed by atoms with E-state index in [2.05, 4.69) is 10.00 Å². The third kappa shape index (κ3) is 2.88. The maximum absolute atomic E-state index is 11.9. The number of anilines is 1. The van der Waals surface area contributed by atoms with Crippen LogP contribution in [0.3, 0.4) is 0 Å². The number of rotatable bonds is 4. The van der Waals surface area contributed by atoms with Crippen LogP contribution in [0.1, 0.15) is 13.3 Å². The molecule has 1 fully saturated rings. The highest BCUT2D eigenvalue weighted by molar-refractivity contribution is 5.44. The molecule has 2 rings (SSSR count). The van der Waals surface area contributed by atoms with E-state index in [-0.39, 0.29) is 17.7 Å². The van der Waals surface area contributed by atoms with E-state index in [4.69, 9.17) is 10.5 Å². The largest absolute Gasteiger partial charge is 0.380 e. The molecule has 0 aromatic carbocycles. The molecule has 1 saturated heterocycles. The van der Waals surface area contributed by atoms with Crippen molar-refractivity contribution >= 4 is 5.69 Å². The summed E-state index contributed by atoms with van der Waals surface area (Å²) in [5, 5.41) is 4.16. The van der Waals surface area contributed by atoms with Gasteiger partial charge in [0.2, 0.25) is 0 Å². The molecular weight excluding hydrogens is 232 g/mol. The molecule has 0 aliphatic carbocycles. The van der Waals surface area contributed by atoms with Crippen molar-refractivity contribution in [2.75, 3.05) is 25.1 Å². The van der Waals surface area contributed by atoms with E-state index in [0.717, 1.165) is 25.2 Å². The first kappa shape index (κ1) is 13.0. The minimum Gasteiger partial charge on any atom is -0.380 e. The van der Waals surface area contributed by atoms with Crippen molar-refractivity contribution in [3.8, 4) is 0 Å². The number of nitrogens with zero attached hydrogens (tertiary/aromatic N) is 3. The Morgan fingerprint density at radius 1 is 1.67 bits per heavy atom. The lowest BCUT2D eigenvalue weighted by atomic mass is 10.3. The summed E-state index contributed by atoms with van der Waals surface area (Å²) in [6.07, 6.45) is 2.96. The van der Waals surface area contributed by atoms with Crippen molar-refractivity contribution in [1.82, 2.24) is 9.78 Å². The third-order valence-corrected chi connectivity index (χ3v) is 3.16. The van der Waals surface area contributed by atoms with Crippen LogP contribution in [0.25, 0.3) is 0 Å². The van der Waals surface area contributed by atoms with Crippen molar-refractivity contribution in [2.24, 2.45) is 5.73 Å². The van der Waals surface area contributed by atoms with E-state index in [9.17, 15) is 4.79 Å². The molecule has 6 heteroatoms. The first-order valence-electron chi connectivity index (χ1n) is 6.20. The van der Waals surface area contributed by atoms with Gasteiger partial charge in [0, 0.05) is 32.3 Å². The predicted octanol–water partition coefficient (Wildman–Crippen LogP) is -0.184. The smallest absolute Gasteiger partial charge is 0.268 e. The normalized spacial score (nSPS) is 21.3. The van der Waals surface area contributed by atoms with Crippen LogP contribution in [0.4, 0.5) is 5.69 Å². The Hall–Kier alpha value is -1.40. The summed E-state index contributed by atoms with van der Waals surface area (Å²) in [6.45, 7) is 4.01. The lowest BCUT2D eigenvalue weighted by Gasteiger charge is -2.18. The van der Waals surface area contributed by atoms with Crippen LogP contribution in [0.15, 0.2) is 17.1 Å².